The van der Waals surface area contributed by atoms with Gasteiger partial charge in [-0.15, -0.1) is 10.2 Å². The largest absolute Gasteiger partial charge is 0.486 e. The molecule has 0 saturated heterocycles. The number of fused-ring (bicyclic) bond motifs is 1. The van der Waals surface area contributed by atoms with E-state index in [0.29, 0.717) is 28.1 Å². The molecule has 32 heavy (non-hydrogen) atoms. The predicted molar refractivity (Wildman–Crippen MR) is 125 cm³/mol. The molecule has 9 heteroatoms. The average molecular weight is 451 g/mol. The van der Waals surface area contributed by atoms with Crippen molar-refractivity contribution in [3.05, 3.63) is 81.7 Å². The van der Waals surface area contributed by atoms with Crippen LogP contribution in [0.3, 0.4) is 0 Å². The molecule has 4 aromatic rings. The van der Waals surface area contributed by atoms with Gasteiger partial charge in [0, 0.05) is 18.0 Å². The second-order valence-electron chi connectivity index (χ2n) is 8.59. The highest BCUT2D eigenvalue weighted by molar-refractivity contribution is 7.98. The van der Waals surface area contributed by atoms with Crippen LogP contribution >= 0.6 is 11.8 Å². The zero-order chi connectivity index (χ0) is 22.9. The van der Waals surface area contributed by atoms with E-state index in [1.807, 2.05) is 31.2 Å². The molecule has 0 unspecified atom stereocenters. The third kappa shape index (κ3) is 4.62. The Bertz CT molecular complexity index is 1310. The Kier molecular flexibility index (Phi) is 5.92. The number of hydrogen-bond acceptors (Lipinski definition) is 7. The molecular weight excluding hydrogens is 424 g/mol. The Morgan fingerprint density at radius 3 is 2.59 bits per heavy atom. The van der Waals surface area contributed by atoms with E-state index in [1.54, 1.807) is 10.6 Å². The maximum Gasteiger partial charge on any atom is 0.258 e. The maximum atomic E-state index is 12.4. The molecule has 0 atom stereocenters. The summed E-state index contributed by atoms with van der Waals surface area (Å²) < 4.78 is 8.77. The number of hydrogen-bond donors (Lipinski definition) is 1. The van der Waals surface area contributed by atoms with Crippen LogP contribution < -0.4 is 16.1 Å². The molecule has 3 aromatic heterocycles. The molecule has 0 radical (unpaired) electrons. The summed E-state index contributed by atoms with van der Waals surface area (Å²) in [5.41, 5.74) is 3.46. The summed E-state index contributed by atoms with van der Waals surface area (Å²) in [5.74, 6) is 7.86. The Morgan fingerprint density at radius 1 is 1.12 bits per heavy atom. The molecule has 1 aromatic carbocycles. The third-order valence-corrected chi connectivity index (χ3v) is 6.09. The van der Waals surface area contributed by atoms with Crippen molar-refractivity contribution in [2.24, 2.45) is 0 Å². The van der Waals surface area contributed by atoms with Gasteiger partial charge in [-0.2, -0.15) is 0 Å². The van der Waals surface area contributed by atoms with Crippen molar-refractivity contribution in [3.63, 3.8) is 0 Å². The van der Waals surface area contributed by atoms with Crippen molar-refractivity contribution < 1.29 is 4.74 Å². The Balaban J connectivity index is 1.42. The fourth-order valence-electron chi connectivity index (χ4n) is 3.22. The number of rotatable bonds is 6. The summed E-state index contributed by atoms with van der Waals surface area (Å²) in [6.45, 7) is 8.64. The molecule has 0 aliphatic heterocycles. The highest BCUT2D eigenvalue weighted by Gasteiger charge is 2.15. The average Bonchev–Trinajstić information content (AvgIpc) is 3.10. The van der Waals surface area contributed by atoms with Crippen molar-refractivity contribution in [1.82, 2.24) is 24.3 Å². The van der Waals surface area contributed by atoms with Crippen LogP contribution in [0.25, 0.3) is 5.65 Å². The fraction of sp³-hybridized carbons (Fsp3) is 0.304. The monoisotopic (exact) mass is 450 g/mol. The number of nitrogens with two attached hydrogens (primary N) is 1. The van der Waals surface area contributed by atoms with Gasteiger partial charge in [0.15, 0.2) is 5.82 Å². The van der Waals surface area contributed by atoms with Gasteiger partial charge in [0.2, 0.25) is 5.16 Å². The lowest BCUT2D eigenvalue weighted by atomic mass is 9.87. The molecule has 3 heterocycles. The van der Waals surface area contributed by atoms with Crippen LogP contribution in [0.5, 0.6) is 5.75 Å². The number of pyridine rings is 1. The minimum absolute atomic E-state index is 0.0895. The first kappa shape index (κ1) is 21.9. The molecule has 166 valence electrons. The first-order valence-electron chi connectivity index (χ1n) is 10.3. The van der Waals surface area contributed by atoms with E-state index in [-0.39, 0.29) is 17.6 Å². The standard InChI is InChI=1S/C23H26N6O2S/c1-15-6-5-11-28-20(30)12-17(25-21(15)28)14-32-22-27-26-19(29(22)24)13-31-18-9-7-16(8-10-18)23(2,3)4/h5-12H,13-14,24H2,1-4H3. The smallest absolute Gasteiger partial charge is 0.258 e. The minimum atomic E-state index is -0.116. The molecule has 0 bridgehead atoms. The molecule has 0 saturated carbocycles. The normalized spacial score (nSPS) is 11.8. The molecule has 8 nitrogen and oxygen atoms in total. The van der Waals surface area contributed by atoms with Crippen LogP contribution in [-0.2, 0) is 17.8 Å². The van der Waals surface area contributed by atoms with E-state index in [0.717, 1.165) is 11.3 Å². The lowest BCUT2D eigenvalue weighted by Gasteiger charge is -2.19. The van der Waals surface area contributed by atoms with Crippen molar-refractivity contribution in [3.8, 4) is 5.75 Å². The molecule has 0 fully saturated rings. The number of aryl methyl sites for hydroxylation is 1. The van der Waals surface area contributed by atoms with Gasteiger partial charge in [0.25, 0.3) is 5.56 Å². The summed E-state index contributed by atoms with van der Waals surface area (Å²) in [5, 5.41) is 8.82. The van der Waals surface area contributed by atoms with Gasteiger partial charge in [-0.25, -0.2) is 9.66 Å². The Labute approximate surface area is 190 Å². The van der Waals surface area contributed by atoms with Crippen molar-refractivity contribution in [1.29, 1.82) is 0 Å². The number of ether oxygens (including phenoxy) is 1. The van der Waals surface area contributed by atoms with Crippen LogP contribution in [0.4, 0.5) is 0 Å². The first-order chi connectivity index (χ1) is 15.2. The second kappa shape index (κ2) is 8.66. The number of thioether (sulfide) groups is 1. The quantitative estimate of drug-likeness (QED) is 0.354. The van der Waals surface area contributed by atoms with Crippen molar-refractivity contribution >= 4 is 17.4 Å². The summed E-state index contributed by atoms with van der Waals surface area (Å²) >= 11 is 1.37. The van der Waals surface area contributed by atoms with Crippen molar-refractivity contribution in [2.45, 2.75) is 50.6 Å². The summed E-state index contributed by atoms with van der Waals surface area (Å²) in [6, 6.07) is 13.3. The predicted octanol–water partition coefficient (Wildman–Crippen LogP) is 3.48. The highest BCUT2D eigenvalue weighted by atomic mass is 32.2. The van der Waals surface area contributed by atoms with Crippen LogP contribution in [0.1, 0.15) is 43.4 Å². The lowest BCUT2D eigenvalue weighted by Crippen LogP contribution is -2.17. The van der Waals surface area contributed by atoms with Gasteiger partial charge in [-0.3, -0.25) is 9.20 Å². The van der Waals surface area contributed by atoms with Gasteiger partial charge in [0.05, 0.1) is 5.69 Å². The van der Waals surface area contributed by atoms with Gasteiger partial charge < -0.3 is 10.6 Å². The zero-order valence-corrected chi connectivity index (χ0v) is 19.4. The summed E-state index contributed by atoms with van der Waals surface area (Å²) in [7, 11) is 0. The van der Waals surface area contributed by atoms with Gasteiger partial charge in [-0.1, -0.05) is 50.7 Å². The molecular formula is C23H26N6O2S. The Hall–Kier alpha value is -3.33. The van der Waals surface area contributed by atoms with Crippen LogP contribution in [0.15, 0.2) is 58.6 Å². The Morgan fingerprint density at radius 2 is 1.88 bits per heavy atom. The van der Waals surface area contributed by atoms with Gasteiger partial charge >= 0.3 is 0 Å². The second-order valence-corrected chi connectivity index (χ2v) is 9.53. The molecule has 0 amide bonds. The number of nitrogen functional groups attached to an aromatic ring is 1. The van der Waals surface area contributed by atoms with E-state index in [4.69, 9.17) is 10.6 Å². The van der Waals surface area contributed by atoms with E-state index in [1.165, 1.54) is 28.1 Å². The minimum Gasteiger partial charge on any atom is -0.486 e. The van der Waals surface area contributed by atoms with E-state index in [2.05, 4.69) is 48.1 Å². The number of aromatic nitrogens is 5. The first-order valence-corrected chi connectivity index (χ1v) is 11.2. The third-order valence-electron chi connectivity index (χ3n) is 5.11. The number of benzene rings is 1. The lowest BCUT2D eigenvalue weighted by molar-refractivity contribution is 0.291. The van der Waals surface area contributed by atoms with E-state index >= 15 is 0 Å². The van der Waals surface area contributed by atoms with Gasteiger partial charge in [-0.05, 0) is 41.7 Å². The molecule has 0 aliphatic carbocycles. The van der Waals surface area contributed by atoms with Crippen molar-refractivity contribution in [2.75, 3.05) is 5.84 Å². The molecule has 0 aliphatic rings. The topological polar surface area (TPSA) is 100 Å². The zero-order valence-electron chi connectivity index (χ0n) is 18.6. The molecule has 4 rings (SSSR count). The molecule has 2 N–H and O–H groups in total. The number of nitrogens with zero attached hydrogens (tertiary/aromatic N) is 5. The van der Waals surface area contributed by atoms with Crippen LogP contribution in [0, 0.1) is 6.92 Å². The SMILES string of the molecule is Cc1cccn2c(=O)cc(CSc3nnc(COc4ccc(C(C)(C)C)cc4)n3N)nc12. The summed E-state index contributed by atoms with van der Waals surface area (Å²) in [4.78, 5) is 17.0. The molecule has 0 spiro atoms. The van der Waals surface area contributed by atoms with Gasteiger partial charge in [0.1, 0.15) is 18.0 Å². The fourth-order valence-corrected chi connectivity index (χ4v) is 3.99. The van der Waals surface area contributed by atoms with E-state index < -0.39 is 0 Å². The van der Waals surface area contributed by atoms with Crippen LogP contribution in [-0.4, -0.2) is 24.3 Å². The maximum absolute atomic E-state index is 12.4. The summed E-state index contributed by atoms with van der Waals surface area (Å²) in [6.07, 6.45) is 1.72. The van der Waals surface area contributed by atoms with Crippen LogP contribution in [0.2, 0.25) is 0 Å². The van der Waals surface area contributed by atoms with E-state index in [9.17, 15) is 4.79 Å². The highest BCUT2D eigenvalue weighted by Crippen LogP contribution is 2.25.